The van der Waals surface area contributed by atoms with Crippen LogP contribution in [0.1, 0.15) is 70.7 Å². The number of hydrogen-bond donors (Lipinski definition) is 1. The minimum Gasteiger partial charge on any atom is -0.495 e. The first kappa shape index (κ1) is 25.1. The van der Waals surface area contributed by atoms with E-state index in [1.807, 2.05) is 6.92 Å². The van der Waals surface area contributed by atoms with Crippen LogP contribution in [0.5, 0.6) is 5.75 Å². The lowest BCUT2D eigenvalue weighted by Gasteiger charge is -2.36. The Bertz CT molecular complexity index is 907. The highest BCUT2D eigenvalue weighted by Gasteiger charge is 2.31. The van der Waals surface area contributed by atoms with Crippen molar-refractivity contribution in [1.82, 2.24) is 9.62 Å². The van der Waals surface area contributed by atoms with Gasteiger partial charge in [-0.2, -0.15) is 0 Å². The number of nitrogens with one attached hydrogen (secondary N) is 1. The van der Waals surface area contributed by atoms with Crippen molar-refractivity contribution in [3.8, 4) is 5.75 Å². The molecule has 0 aliphatic carbocycles. The summed E-state index contributed by atoms with van der Waals surface area (Å²) in [7, 11) is -2.59. The number of rotatable bonds is 7. The van der Waals surface area contributed by atoms with Gasteiger partial charge in [0.05, 0.1) is 12.7 Å². The molecular formula is C22H34N2O6S. The summed E-state index contributed by atoms with van der Waals surface area (Å²) < 4.78 is 38.7. The number of ether oxygens (including phenoxy) is 2. The number of benzene rings is 1. The third-order valence-electron chi connectivity index (χ3n) is 5.14. The number of esters is 1. The van der Waals surface area contributed by atoms with E-state index in [2.05, 4.69) is 4.72 Å². The average molecular weight is 455 g/mol. The van der Waals surface area contributed by atoms with Crippen LogP contribution in [0.15, 0.2) is 23.1 Å². The van der Waals surface area contributed by atoms with Gasteiger partial charge in [0.2, 0.25) is 10.0 Å². The van der Waals surface area contributed by atoms with Crippen molar-refractivity contribution in [3.63, 3.8) is 0 Å². The lowest BCUT2D eigenvalue weighted by molar-refractivity contribution is -0.143. The zero-order chi connectivity index (χ0) is 23.4. The van der Waals surface area contributed by atoms with Crippen molar-refractivity contribution in [2.24, 2.45) is 0 Å². The highest BCUT2D eigenvalue weighted by molar-refractivity contribution is 7.89. The molecule has 174 valence electrons. The molecule has 1 aliphatic rings. The number of piperidine rings is 1. The third-order valence-corrected chi connectivity index (χ3v) is 6.92. The van der Waals surface area contributed by atoms with E-state index in [1.54, 1.807) is 32.6 Å². The molecule has 1 aliphatic heterocycles. The normalized spacial score (nSPS) is 18.4. The molecular weight excluding hydrogens is 420 g/mol. The zero-order valence-electron chi connectivity index (χ0n) is 19.2. The maximum Gasteiger partial charge on any atom is 0.338 e. The number of hydrogen-bond acceptors (Lipinski definition) is 6. The standard InChI is InChI=1S/C22H34N2O6S/c1-7-17-10-8-9-13-24(17)20(25)15(2)30-21(26)16-11-12-18(29-6)19(14-16)31(27,28)23-22(3,4)5/h11-12,14-15,17,23H,7-10,13H2,1-6H3. The van der Waals surface area contributed by atoms with Gasteiger partial charge < -0.3 is 14.4 Å². The van der Waals surface area contributed by atoms with Crippen LogP contribution in [0.2, 0.25) is 0 Å². The van der Waals surface area contributed by atoms with Crippen molar-refractivity contribution < 1.29 is 27.5 Å². The summed E-state index contributed by atoms with van der Waals surface area (Å²) in [5.41, 5.74) is -0.689. The smallest absolute Gasteiger partial charge is 0.338 e. The van der Waals surface area contributed by atoms with E-state index in [4.69, 9.17) is 9.47 Å². The molecule has 31 heavy (non-hydrogen) atoms. The van der Waals surface area contributed by atoms with Crippen molar-refractivity contribution in [3.05, 3.63) is 23.8 Å². The molecule has 9 heteroatoms. The number of likely N-dealkylation sites (tertiary alicyclic amines) is 1. The SMILES string of the molecule is CCC1CCCCN1C(=O)C(C)OC(=O)c1ccc(OC)c(S(=O)(=O)NC(C)(C)C)c1. The molecule has 8 nitrogen and oxygen atoms in total. The van der Waals surface area contributed by atoms with Gasteiger partial charge in [-0.25, -0.2) is 17.9 Å². The van der Waals surface area contributed by atoms with Crippen LogP contribution in [-0.2, 0) is 19.6 Å². The molecule has 2 atom stereocenters. The van der Waals surface area contributed by atoms with E-state index >= 15 is 0 Å². The molecule has 2 rings (SSSR count). The Balaban J connectivity index is 2.22. The number of sulfonamides is 1. The second kappa shape index (κ2) is 9.99. The largest absolute Gasteiger partial charge is 0.495 e. The van der Waals surface area contributed by atoms with Crippen LogP contribution in [0.4, 0.5) is 0 Å². The summed E-state index contributed by atoms with van der Waals surface area (Å²) in [6.45, 7) is 9.39. The Hall–Kier alpha value is -2.13. The predicted octanol–water partition coefficient (Wildman–Crippen LogP) is 3.11. The molecule has 1 amide bonds. The maximum atomic E-state index is 12.8. The lowest BCUT2D eigenvalue weighted by Crippen LogP contribution is -2.48. The lowest BCUT2D eigenvalue weighted by atomic mass is 9.99. The first-order valence-electron chi connectivity index (χ1n) is 10.6. The molecule has 1 saturated heterocycles. The van der Waals surface area contributed by atoms with Gasteiger partial charge in [-0.1, -0.05) is 6.92 Å². The highest BCUT2D eigenvalue weighted by atomic mass is 32.2. The Kier molecular flexibility index (Phi) is 8.10. The van der Waals surface area contributed by atoms with E-state index in [1.165, 1.54) is 25.3 Å². The third kappa shape index (κ3) is 6.43. The summed E-state index contributed by atoms with van der Waals surface area (Å²) in [4.78, 5) is 27.2. The van der Waals surface area contributed by atoms with Gasteiger partial charge in [0, 0.05) is 18.1 Å². The average Bonchev–Trinajstić information content (AvgIpc) is 2.70. The van der Waals surface area contributed by atoms with Crippen molar-refractivity contribution in [2.75, 3.05) is 13.7 Å². The van der Waals surface area contributed by atoms with Crippen LogP contribution in [0, 0.1) is 0 Å². The van der Waals surface area contributed by atoms with E-state index in [-0.39, 0.29) is 28.2 Å². The molecule has 1 aromatic rings. The van der Waals surface area contributed by atoms with Gasteiger partial charge in [0.1, 0.15) is 10.6 Å². The first-order chi connectivity index (χ1) is 14.4. The van der Waals surface area contributed by atoms with Crippen LogP contribution >= 0.6 is 0 Å². The number of methoxy groups -OCH3 is 1. The van der Waals surface area contributed by atoms with Gasteiger partial charge in [-0.05, 0) is 71.6 Å². The van der Waals surface area contributed by atoms with Crippen molar-refractivity contribution in [2.45, 2.75) is 82.9 Å². The molecule has 1 aromatic carbocycles. The van der Waals surface area contributed by atoms with E-state index < -0.39 is 27.6 Å². The quantitative estimate of drug-likeness (QED) is 0.635. The predicted molar refractivity (Wildman–Crippen MR) is 118 cm³/mol. The zero-order valence-corrected chi connectivity index (χ0v) is 20.0. The number of carbonyl (C=O) groups is 2. The van der Waals surface area contributed by atoms with Crippen molar-refractivity contribution >= 4 is 21.9 Å². The molecule has 0 saturated carbocycles. The second-order valence-corrected chi connectivity index (χ2v) is 10.5. The van der Waals surface area contributed by atoms with Crippen molar-refractivity contribution in [1.29, 1.82) is 0 Å². The van der Waals surface area contributed by atoms with Gasteiger partial charge in [-0.15, -0.1) is 0 Å². The van der Waals surface area contributed by atoms with E-state index in [9.17, 15) is 18.0 Å². The Morgan fingerprint density at radius 3 is 2.52 bits per heavy atom. The number of amides is 1. The molecule has 0 bridgehead atoms. The van der Waals surface area contributed by atoms with E-state index in [0.717, 1.165) is 25.7 Å². The van der Waals surface area contributed by atoms with Gasteiger partial charge in [0.15, 0.2) is 6.10 Å². The number of carbonyl (C=O) groups excluding carboxylic acids is 2. The first-order valence-corrected chi connectivity index (χ1v) is 12.1. The Morgan fingerprint density at radius 1 is 1.26 bits per heavy atom. The molecule has 2 unspecified atom stereocenters. The summed E-state index contributed by atoms with van der Waals surface area (Å²) in [6, 6.07) is 4.19. The van der Waals surface area contributed by atoms with Gasteiger partial charge >= 0.3 is 5.97 Å². The molecule has 0 radical (unpaired) electrons. The fourth-order valence-corrected chi connectivity index (χ4v) is 5.31. The molecule has 0 aromatic heterocycles. The number of nitrogens with zero attached hydrogens (tertiary/aromatic N) is 1. The Morgan fingerprint density at radius 2 is 1.94 bits per heavy atom. The van der Waals surface area contributed by atoms with Crippen LogP contribution in [-0.4, -0.2) is 56.5 Å². The molecule has 1 fully saturated rings. The summed E-state index contributed by atoms with van der Waals surface area (Å²) in [5, 5.41) is 0. The van der Waals surface area contributed by atoms with Crippen LogP contribution in [0.25, 0.3) is 0 Å². The van der Waals surface area contributed by atoms with Gasteiger partial charge in [0.25, 0.3) is 5.91 Å². The fraction of sp³-hybridized carbons (Fsp3) is 0.636. The van der Waals surface area contributed by atoms with Crippen LogP contribution in [0.3, 0.4) is 0 Å². The van der Waals surface area contributed by atoms with E-state index in [0.29, 0.717) is 6.54 Å². The van der Waals surface area contributed by atoms with Gasteiger partial charge in [-0.3, -0.25) is 4.79 Å². The molecule has 1 heterocycles. The fourth-order valence-electron chi connectivity index (χ4n) is 3.70. The Labute approximate surface area is 185 Å². The minimum absolute atomic E-state index is 0.0282. The monoisotopic (exact) mass is 454 g/mol. The highest BCUT2D eigenvalue weighted by Crippen LogP contribution is 2.27. The molecule has 1 N–H and O–H groups in total. The summed E-state index contributed by atoms with van der Waals surface area (Å²) in [6.07, 6.45) is 2.86. The maximum absolute atomic E-state index is 12.8. The topological polar surface area (TPSA) is 102 Å². The second-order valence-electron chi connectivity index (χ2n) is 8.86. The van der Waals surface area contributed by atoms with Crippen LogP contribution < -0.4 is 9.46 Å². The minimum atomic E-state index is -3.95. The summed E-state index contributed by atoms with van der Waals surface area (Å²) >= 11 is 0. The molecule has 0 spiro atoms. The summed E-state index contributed by atoms with van der Waals surface area (Å²) in [5.74, 6) is -0.882.